The van der Waals surface area contributed by atoms with Crippen LogP contribution in [0.2, 0.25) is 0 Å². The molecule has 1 heterocycles. The average molecular weight is 358 g/mol. The largest absolute Gasteiger partial charge is 0.496 e. The number of esters is 1. The van der Waals surface area contributed by atoms with Crippen LogP contribution in [-0.2, 0) is 9.53 Å². The number of ether oxygens (including phenoxy) is 2. The fourth-order valence-corrected chi connectivity index (χ4v) is 2.33. The first-order valence-corrected chi connectivity index (χ1v) is 7.38. The van der Waals surface area contributed by atoms with Crippen molar-refractivity contribution in [1.82, 2.24) is 0 Å². The van der Waals surface area contributed by atoms with Crippen LogP contribution >= 0.6 is 15.9 Å². The number of methoxy groups -OCH3 is 1. The molecular formula is C17H12BrNO3. The summed E-state index contributed by atoms with van der Waals surface area (Å²) < 4.78 is 11.5. The van der Waals surface area contributed by atoms with Crippen LogP contribution in [0.3, 0.4) is 0 Å². The number of nitrogens with zero attached hydrogens (tertiary/aromatic N) is 1. The number of hydrogen-bond donors (Lipinski definition) is 0. The van der Waals surface area contributed by atoms with E-state index in [2.05, 4.69) is 20.9 Å². The molecule has 0 bridgehead atoms. The normalized spacial score (nSPS) is 15.6. The van der Waals surface area contributed by atoms with Crippen LogP contribution in [0.1, 0.15) is 11.1 Å². The Bertz CT molecular complexity index is 779. The lowest BCUT2D eigenvalue weighted by molar-refractivity contribution is -0.129. The Morgan fingerprint density at radius 1 is 1.14 bits per heavy atom. The third-order valence-corrected chi connectivity index (χ3v) is 3.66. The Kier molecular flexibility index (Phi) is 4.06. The minimum Gasteiger partial charge on any atom is -0.496 e. The summed E-state index contributed by atoms with van der Waals surface area (Å²) in [5, 5.41) is 0. The number of carbonyl (C=O) groups is 1. The van der Waals surface area contributed by atoms with Gasteiger partial charge in [-0.25, -0.2) is 9.79 Å². The maximum absolute atomic E-state index is 12.0. The molecule has 0 radical (unpaired) electrons. The summed E-state index contributed by atoms with van der Waals surface area (Å²) in [7, 11) is 1.56. The lowest BCUT2D eigenvalue weighted by atomic mass is 10.2. The molecule has 22 heavy (non-hydrogen) atoms. The zero-order valence-corrected chi connectivity index (χ0v) is 13.3. The topological polar surface area (TPSA) is 47.9 Å². The molecule has 0 saturated carbocycles. The Morgan fingerprint density at radius 2 is 1.86 bits per heavy atom. The van der Waals surface area contributed by atoms with Gasteiger partial charge in [0, 0.05) is 4.47 Å². The molecule has 2 aromatic carbocycles. The minimum atomic E-state index is -0.469. The van der Waals surface area contributed by atoms with Crippen LogP contribution in [0.5, 0.6) is 5.75 Å². The maximum Gasteiger partial charge on any atom is 0.363 e. The molecule has 1 aliphatic heterocycles. The number of halogens is 1. The Hall–Kier alpha value is -2.40. The predicted molar refractivity (Wildman–Crippen MR) is 87.7 cm³/mol. The lowest BCUT2D eigenvalue weighted by Gasteiger charge is -2.05. The number of para-hydroxylation sites is 1. The monoisotopic (exact) mass is 357 g/mol. The summed E-state index contributed by atoms with van der Waals surface area (Å²) in [6.45, 7) is 0. The second-order valence-corrected chi connectivity index (χ2v) is 5.50. The van der Waals surface area contributed by atoms with Crippen LogP contribution < -0.4 is 4.74 Å². The first-order valence-electron chi connectivity index (χ1n) is 6.59. The fraction of sp³-hybridized carbons (Fsp3) is 0.0588. The predicted octanol–water partition coefficient (Wildman–Crippen LogP) is 3.80. The van der Waals surface area contributed by atoms with Crippen LogP contribution in [0.4, 0.5) is 0 Å². The van der Waals surface area contributed by atoms with Gasteiger partial charge in [-0.3, -0.25) is 0 Å². The number of aliphatic imine (C=N–C) groups is 1. The summed E-state index contributed by atoms with van der Waals surface area (Å²) in [5.74, 6) is 0.397. The summed E-state index contributed by atoms with van der Waals surface area (Å²) >= 11 is 3.37. The van der Waals surface area contributed by atoms with Gasteiger partial charge in [0.25, 0.3) is 0 Å². The molecule has 2 aromatic rings. The smallest absolute Gasteiger partial charge is 0.363 e. The average Bonchev–Trinajstić information content (AvgIpc) is 2.90. The number of benzene rings is 2. The van der Waals surface area contributed by atoms with Crippen molar-refractivity contribution in [3.63, 3.8) is 0 Å². The van der Waals surface area contributed by atoms with Crippen molar-refractivity contribution in [2.45, 2.75) is 0 Å². The van der Waals surface area contributed by atoms with Crippen molar-refractivity contribution in [1.29, 1.82) is 0 Å². The second kappa shape index (κ2) is 6.15. The Morgan fingerprint density at radius 3 is 2.59 bits per heavy atom. The van der Waals surface area contributed by atoms with E-state index in [4.69, 9.17) is 9.47 Å². The number of rotatable bonds is 3. The van der Waals surface area contributed by atoms with Crippen LogP contribution in [0.15, 0.2) is 63.7 Å². The molecule has 4 nitrogen and oxygen atoms in total. The first-order chi connectivity index (χ1) is 10.7. The molecule has 110 valence electrons. The van der Waals surface area contributed by atoms with Crippen LogP contribution in [-0.4, -0.2) is 19.0 Å². The molecule has 0 aromatic heterocycles. The molecule has 0 amide bonds. The van der Waals surface area contributed by atoms with Crippen LogP contribution in [0.25, 0.3) is 6.08 Å². The molecule has 0 aliphatic carbocycles. The zero-order chi connectivity index (χ0) is 15.5. The third-order valence-electron chi connectivity index (χ3n) is 3.13. The molecule has 0 fully saturated rings. The van der Waals surface area contributed by atoms with Crippen LogP contribution in [0, 0.1) is 0 Å². The second-order valence-electron chi connectivity index (χ2n) is 4.59. The van der Waals surface area contributed by atoms with E-state index in [1.165, 1.54) is 0 Å². The third kappa shape index (κ3) is 2.94. The van der Waals surface area contributed by atoms with Gasteiger partial charge in [-0.2, -0.15) is 0 Å². The van der Waals surface area contributed by atoms with Gasteiger partial charge in [0.15, 0.2) is 5.70 Å². The fourth-order valence-electron chi connectivity index (χ4n) is 2.06. The number of hydrogen-bond acceptors (Lipinski definition) is 4. The summed E-state index contributed by atoms with van der Waals surface area (Å²) in [6.07, 6.45) is 1.69. The highest BCUT2D eigenvalue weighted by molar-refractivity contribution is 9.10. The summed E-state index contributed by atoms with van der Waals surface area (Å²) in [4.78, 5) is 16.3. The van der Waals surface area contributed by atoms with Gasteiger partial charge in [0.1, 0.15) is 5.75 Å². The summed E-state index contributed by atoms with van der Waals surface area (Å²) in [5.41, 5.74) is 1.79. The lowest BCUT2D eigenvalue weighted by Crippen LogP contribution is -2.06. The molecule has 0 atom stereocenters. The summed E-state index contributed by atoms with van der Waals surface area (Å²) in [6, 6.07) is 14.9. The molecule has 0 unspecified atom stereocenters. The molecule has 5 heteroatoms. The SMILES string of the molecule is COc1ccccc1C1=NC(=Cc2ccc(Br)cc2)C(=O)O1. The van der Waals surface area contributed by atoms with Crippen molar-refractivity contribution < 1.29 is 14.3 Å². The van der Waals surface area contributed by atoms with Gasteiger partial charge in [-0.15, -0.1) is 0 Å². The quantitative estimate of drug-likeness (QED) is 0.619. The highest BCUT2D eigenvalue weighted by atomic mass is 79.9. The highest BCUT2D eigenvalue weighted by Crippen LogP contribution is 2.25. The van der Waals surface area contributed by atoms with Gasteiger partial charge in [0.05, 0.1) is 12.7 Å². The van der Waals surface area contributed by atoms with E-state index in [1.807, 2.05) is 36.4 Å². The van der Waals surface area contributed by atoms with Gasteiger partial charge in [-0.05, 0) is 35.9 Å². The van der Waals surface area contributed by atoms with E-state index in [-0.39, 0.29) is 11.6 Å². The number of cyclic esters (lactones) is 1. The van der Waals surface area contributed by atoms with Gasteiger partial charge in [0.2, 0.25) is 5.90 Å². The molecule has 0 N–H and O–H groups in total. The zero-order valence-electron chi connectivity index (χ0n) is 11.7. The van der Waals surface area contributed by atoms with Crippen molar-refractivity contribution >= 4 is 33.9 Å². The van der Waals surface area contributed by atoms with Crippen molar-refractivity contribution in [3.8, 4) is 5.75 Å². The van der Waals surface area contributed by atoms with Gasteiger partial charge < -0.3 is 9.47 Å². The van der Waals surface area contributed by atoms with E-state index in [1.54, 1.807) is 25.3 Å². The molecular weight excluding hydrogens is 346 g/mol. The minimum absolute atomic E-state index is 0.255. The Balaban J connectivity index is 1.96. The molecule has 1 aliphatic rings. The molecule has 3 rings (SSSR count). The van der Waals surface area contributed by atoms with E-state index in [0.29, 0.717) is 11.3 Å². The van der Waals surface area contributed by atoms with E-state index in [0.717, 1.165) is 10.0 Å². The van der Waals surface area contributed by atoms with Gasteiger partial charge >= 0.3 is 5.97 Å². The Labute approximate surface area is 136 Å². The number of carbonyl (C=O) groups excluding carboxylic acids is 1. The van der Waals surface area contributed by atoms with E-state index < -0.39 is 5.97 Å². The highest BCUT2D eigenvalue weighted by Gasteiger charge is 2.25. The van der Waals surface area contributed by atoms with Crippen molar-refractivity contribution in [2.24, 2.45) is 4.99 Å². The van der Waals surface area contributed by atoms with Crippen molar-refractivity contribution in [2.75, 3.05) is 7.11 Å². The maximum atomic E-state index is 12.0. The van der Waals surface area contributed by atoms with Crippen molar-refractivity contribution in [3.05, 3.63) is 69.8 Å². The molecule has 0 saturated heterocycles. The standard InChI is InChI=1S/C17H12BrNO3/c1-21-15-5-3-2-4-13(15)16-19-14(17(20)22-16)10-11-6-8-12(18)9-7-11/h2-10H,1H3. The first kappa shape index (κ1) is 14.5. The van der Waals surface area contributed by atoms with E-state index in [9.17, 15) is 4.79 Å². The van der Waals surface area contributed by atoms with Gasteiger partial charge in [-0.1, -0.05) is 40.2 Å². The molecule has 0 spiro atoms. The van der Waals surface area contributed by atoms with E-state index >= 15 is 0 Å².